The molecule has 2 saturated carbocycles. The minimum atomic E-state index is -0.0947. The molecule has 1 aromatic rings. The van der Waals surface area contributed by atoms with Crippen LogP contribution in [0.15, 0.2) is 28.7 Å². The van der Waals surface area contributed by atoms with E-state index < -0.39 is 0 Å². The number of benzene rings is 1. The first kappa shape index (κ1) is 15.1. The van der Waals surface area contributed by atoms with Gasteiger partial charge in [0, 0.05) is 9.89 Å². The van der Waals surface area contributed by atoms with Gasteiger partial charge in [-0.1, -0.05) is 48.8 Å². The first-order valence-corrected chi connectivity index (χ1v) is 8.56. The van der Waals surface area contributed by atoms with Gasteiger partial charge >= 0.3 is 5.97 Å². The molecule has 3 unspecified atom stereocenters. The summed E-state index contributed by atoms with van der Waals surface area (Å²) in [5, 5.41) is 0. The second kappa shape index (κ2) is 5.12. The molecule has 0 aromatic heterocycles. The lowest BCUT2D eigenvalue weighted by molar-refractivity contribution is -0.156. The van der Waals surface area contributed by atoms with Crippen molar-refractivity contribution in [2.24, 2.45) is 16.7 Å². The summed E-state index contributed by atoms with van der Waals surface area (Å²) < 4.78 is 6.87. The van der Waals surface area contributed by atoms with Crippen molar-refractivity contribution in [2.45, 2.75) is 52.6 Å². The first-order valence-electron chi connectivity index (χ1n) is 7.77. The van der Waals surface area contributed by atoms with E-state index in [9.17, 15) is 4.79 Å². The number of halogens is 1. The molecular formula is C18H23BrO2. The molecule has 114 valence electrons. The summed E-state index contributed by atoms with van der Waals surface area (Å²) in [6.45, 7) is 6.98. The van der Waals surface area contributed by atoms with E-state index in [4.69, 9.17) is 4.74 Å². The minimum Gasteiger partial charge on any atom is -0.462 e. The van der Waals surface area contributed by atoms with Gasteiger partial charge in [-0.05, 0) is 48.3 Å². The van der Waals surface area contributed by atoms with Crippen LogP contribution in [0.1, 0.15) is 45.6 Å². The Morgan fingerprint density at radius 1 is 1.38 bits per heavy atom. The lowest BCUT2D eigenvalue weighted by Gasteiger charge is -2.38. The molecular weight excluding hydrogens is 328 g/mol. The van der Waals surface area contributed by atoms with Gasteiger partial charge in [0.05, 0.1) is 6.42 Å². The van der Waals surface area contributed by atoms with Crippen molar-refractivity contribution < 1.29 is 9.53 Å². The van der Waals surface area contributed by atoms with Gasteiger partial charge in [0.15, 0.2) is 0 Å². The van der Waals surface area contributed by atoms with Gasteiger partial charge in [-0.15, -0.1) is 0 Å². The largest absolute Gasteiger partial charge is 0.462 e. The molecule has 0 N–H and O–H groups in total. The number of carbonyl (C=O) groups is 1. The van der Waals surface area contributed by atoms with Crippen LogP contribution in [0.2, 0.25) is 0 Å². The second-order valence-corrected chi connectivity index (χ2v) is 8.31. The summed E-state index contributed by atoms with van der Waals surface area (Å²) in [7, 11) is 0. The topological polar surface area (TPSA) is 26.3 Å². The fourth-order valence-electron chi connectivity index (χ4n) is 4.32. The highest BCUT2D eigenvalue weighted by Crippen LogP contribution is 2.66. The molecule has 2 aliphatic rings. The first-order chi connectivity index (χ1) is 9.83. The number of hydrogen-bond donors (Lipinski definition) is 0. The maximum absolute atomic E-state index is 12.3. The maximum atomic E-state index is 12.3. The van der Waals surface area contributed by atoms with Gasteiger partial charge in [0.25, 0.3) is 0 Å². The van der Waals surface area contributed by atoms with E-state index in [0.717, 1.165) is 16.5 Å². The summed E-state index contributed by atoms with van der Waals surface area (Å²) in [6, 6.07) is 7.87. The van der Waals surface area contributed by atoms with Crippen molar-refractivity contribution >= 4 is 21.9 Å². The molecule has 0 radical (unpaired) electrons. The molecule has 2 bridgehead atoms. The third kappa shape index (κ3) is 2.44. The number of hydrogen-bond acceptors (Lipinski definition) is 2. The van der Waals surface area contributed by atoms with E-state index in [1.54, 1.807) is 0 Å². The Bertz CT molecular complexity index is 566. The van der Waals surface area contributed by atoms with Gasteiger partial charge in [-0.3, -0.25) is 4.79 Å². The van der Waals surface area contributed by atoms with Crippen LogP contribution in [0.4, 0.5) is 0 Å². The Hall–Kier alpha value is -0.830. The van der Waals surface area contributed by atoms with Gasteiger partial charge in [-0.2, -0.15) is 0 Å². The van der Waals surface area contributed by atoms with Crippen molar-refractivity contribution in [3.8, 4) is 0 Å². The van der Waals surface area contributed by atoms with Crippen LogP contribution in [-0.2, 0) is 16.0 Å². The van der Waals surface area contributed by atoms with Crippen LogP contribution in [0.5, 0.6) is 0 Å². The molecule has 2 fully saturated rings. The zero-order chi connectivity index (χ0) is 15.3. The summed E-state index contributed by atoms with van der Waals surface area (Å²) in [6.07, 6.45) is 3.94. The van der Waals surface area contributed by atoms with Crippen molar-refractivity contribution in [3.63, 3.8) is 0 Å². The fourth-order valence-corrected chi connectivity index (χ4v) is 4.77. The lowest BCUT2D eigenvalue weighted by Crippen LogP contribution is -2.38. The number of rotatable bonds is 3. The van der Waals surface area contributed by atoms with Crippen LogP contribution in [0.3, 0.4) is 0 Å². The van der Waals surface area contributed by atoms with Crippen LogP contribution in [0.25, 0.3) is 0 Å². The Morgan fingerprint density at radius 3 is 2.71 bits per heavy atom. The molecule has 0 spiro atoms. The van der Waals surface area contributed by atoms with E-state index in [0.29, 0.717) is 12.3 Å². The molecule has 0 amide bonds. The number of esters is 1. The highest BCUT2D eigenvalue weighted by atomic mass is 79.9. The number of fused-ring (bicyclic) bond motifs is 2. The molecule has 1 aromatic carbocycles. The normalized spacial score (nSPS) is 33.1. The molecule has 0 heterocycles. The molecule has 2 aliphatic carbocycles. The number of ether oxygens (including phenoxy) is 1. The quantitative estimate of drug-likeness (QED) is 0.735. The third-order valence-electron chi connectivity index (χ3n) is 6.23. The Balaban J connectivity index is 1.67. The van der Waals surface area contributed by atoms with E-state index in [1.165, 1.54) is 12.8 Å². The molecule has 21 heavy (non-hydrogen) atoms. The van der Waals surface area contributed by atoms with Crippen molar-refractivity contribution in [1.29, 1.82) is 0 Å². The predicted octanol–water partition coefficient (Wildman–Crippen LogP) is 4.75. The smallest absolute Gasteiger partial charge is 0.310 e. The zero-order valence-corrected chi connectivity index (χ0v) is 14.6. The van der Waals surface area contributed by atoms with E-state index >= 15 is 0 Å². The van der Waals surface area contributed by atoms with Gasteiger partial charge in [0.2, 0.25) is 0 Å². The Morgan fingerprint density at radius 2 is 2.14 bits per heavy atom. The van der Waals surface area contributed by atoms with Crippen LogP contribution >= 0.6 is 15.9 Å². The molecule has 3 rings (SSSR count). The molecule has 3 heteroatoms. The summed E-state index contributed by atoms with van der Waals surface area (Å²) in [4.78, 5) is 12.3. The van der Waals surface area contributed by atoms with Crippen molar-refractivity contribution in [2.75, 3.05) is 0 Å². The minimum absolute atomic E-state index is 0.0888. The summed E-state index contributed by atoms with van der Waals surface area (Å²) in [5.74, 6) is 0.605. The second-order valence-electron chi connectivity index (χ2n) is 7.40. The standard InChI is InChI=1S/C18H23BrO2/c1-17(2)13-7-8-18(17,3)15(11-13)21-16(20)10-12-5-4-6-14(19)9-12/h4-6,9,13,15H,7-8,10-11H2,1-3H3. The third-order valence-corrected chi connectivity index (χ3v) is 6.72. The molecule has 2 nitrogen and oxygen atoms in total. The highest BCUT2D eigenvalue weighted by Gasteiger charge is 2.62. The van der Waals surface area contributed by atoms with Gasteiger partial charge in [-0.25, -0.2) is 0 Å². The van der Waals surface area contributed by atoms with Crippen molar-refractivity contribution in [3.05, 3.63) is 34.3 Å². The maximum Gasteiger partial charge on any atom is 0.310 e. The van der Waals surface area contributed by atoms with Crippen LogP contribution in [0, 0.1) is 16.7 Å². The van der Waals surface area contributed by atoms with E-state index in [-0.39, 0.29) is 22.9 Å². The fraction of sp³-hybridized carbons (Fsp3) is 0.611. The van der Waals surface area contributed by atoms with Crippen LogP contribution in [-0.4, -0.2) is 12.1 Å². The lowest BCUT2D eigenvalue weighted by atomic mass is 9.70. The van der Waals surface area contributed by atoms with E-state index in [2.05, 4.69) is 36.7 Å². The molecule has 0 saturated heterocycles. The highest BCUT2D eigenvalue weighted by molar-refractivity contribution is 9.10. The average Bonchev–Trinajstić information content (AvgIpc) is 2.72. The number of carbonyl (C=O) groups excluding carboxylic acids is 1. The van der Waals surface area contributed by atoms with E-state index in [1.807, 2.05) is 24.3 Å². The molecule has 0 aliphatic heterocycles. The Labute approximate surface area is 135 Å². The van der Waals surface area contributed by atoms with Crippen LogP contribution < -0.4 is 0 Å². The SMILES string of the molecule is CC1(C)C2CCC1(C)C(OC(=O)Cc1cccc(Br)c1)C2. The van der Waals surface area contributed by atoms with Gasteiger partial charge in [0.1, 0.15) is 6.10 Å². The predicted molar refractivity (Wildman–Crippen MR) is 87.0 cm³/mol. The zero-order valence-electron chi connectivity index (χ0n) is 13.0. The van der Waals surface area contributed by atoms with Crippen molar-refractivity contribution in [1.82, 2.24) is 0 Å². The average molecular weight is 351 g/mol. The summed E-state index contributed by atoms with van der Waals surface area (Å²) in [5.41, 5.74) is 1.43. The van der Waals surface area contributed by atoms with Gasteiger partial charge < -0.3 is 4.74 Å². The Kier molecular flexibility index (Phi) is 3.67. The monoisotopic (exact) mass is 350 g/mol. The molecule has 3 atom stereocenters. The summed E-state index contributed by atoms with van der Waals surface area (Å²) >= 11 is 3.44.